The van der Waals surface area contributed by atoms with Crippen molar-refractivity contribution in [2.45, 2.75) is 32.9 Å². The average Bonchev–Trinajstić information content (AvgIpc) is 2.41. The molecule has 0 saturated carbocycles. The van der Waals surface area contributed by atoms with E-state index in [1.54, 1.807) is 0 Å². The minimum Gasteiger partial charge on any atom is -0.309 e. The molecule has 0 fully saturated rings. The topological polar surface area (TPSA) is 12.0 Å². The van der Waals surface area contributed by atoms with E-state index in [9.17, 15) is 4.39 Å². The fourth-order valence-corrected chi connectivity index (χ4v) is 1.97. The number of halogens is 1. The van der Waals surface area contributed by atoms with Gasteiger partial charge in [-0.15, -0.1) is 0 Å². The van der Waals surface area contributed by atoms with Crippen LogP contribution in [0.2, 0.25) is 0 Å². The van der Waals surface area contributed by atoms with Crippen molar-refractivity contribution in [2.75, 3.05) is 0 Å². The van der Waals surface area contributed by atoms with Gasteiger partial charge in [-0.1, -0.05) is 50.2 Å². The molecule has 0 spiro atoms. The van der Waals surface area contributed by atoms with Crippen LogP contribution in [0, 0.1) is 5.82 Å². The van der Waals surface area contributed by atoms with Crippen molar-refractivity contribution >= 4 is 0 Å². The van der Waals surface area contributed by atoms with Crippen LogP contribution in [0.5, 0.6) is 0 Å². The van der Waals surface area contributed by atoms with Gasteiger partial charge in [-0.3, -0.25) is 0 Å². The second-order valence-corrected chi connectivity index (χ2v) is 5.13. The summed E-state index contributed by atoms with van der Waals surface area (Å²) in [4.78, 5) is 0. The van der Waals surface area contributed by atoms with Crippen LogP contribution in [0.4, 0.5) is 4.39 Å². The highest BCUT2D eigenvalue weighted by molar-refractivity contribution is 5.24. The van der Waals surface area contributed by atoms with Crippen LogP contribution >= 0.6 is 0 Å². The molecule has 100 valence electrons. The summed E-state index contributed by atoms with van der Waals surface area (Å²) in [5.74, 6) is 0.384. The van der Waals surface area contributed by atoms with Crippen LogP contribution in [0.1, 0.15) is 36.5 Å². The summed E-state index contributed by atoms with van der Waals surface area (Å²) in [6.07, 6.45) is 0. The highest BCUT2D eigenvalue weighted by Gasteiger charge is 1.99. The van der Waals surface area contributed by atoms with Crippen LogP contribution in [0.25, 0.3) is 0 Å². The Bertz CT molecular complexity index is 500. The first-order valence-electron chi connectivity index (χ1n) is 6.69. The maximum atomic E-state index is 12.8. The van der Waals surface area contributed by atoms with Gasteiger partial charge in [-0.05, 0) is 34.7 Å². The van der Waals surface area contributed by atoms with E-state index in [1.165, 1.54) is 23.3 Å². The Morgan fingerprint density at radius 3 is 1.79 bits per heavy atom. The molecular formula is C17H20FN. The largest absolute Gasteiger partial charge is 0.309 e. The minimum atomic E-state index is -0.187. The second kappa shape index (κ2) is 6.48. The van der Waals surface area contributed by atoms with Crippen molar-refractivity contribution < 1.29 is 4.39 Å². The summed E-state index contributed by atoms with van der Waals surface area (Å²) in [6, 6.07) is 15.3. The maximum absolute atomic E-state index is 12.8. The van der Waals surface area contributed by atoms with Crippen LogP contribution < -0.4 is 5.32 Å². The molecule has 2 heteroatoms. The second-order valence-electron chi connectivity index (χ2n) is 5.13. The molecule has 0 aliphatic heterocycles. The number of hydrogen-bond donors (Lipinski definition) is 1. The summed E-state index contributed by atoms with van der Waals surface area (Å²) < 4.78 is 12.8. The lowest BCUT2D eigenvalue weighted by molar-refractivity contribution is 0.625. The van der Waals surface area contributed by atoms with E-state index in [0.717, 1.165) is 18.7 Å². The first kappa shape index (κ1) is 13.8. The number of benzene rings is 2. The van der Waals surface area contributed by atoms with Crippen molar-refractivity contribution in [3.05, 3.63) is 71.0 Å². The van der Waals surface area contributed by atoms with Crippen molar-refractivity contribution in [3.8, 4) is 0 Å². The molecule has 0 aliphatic carbocycles. The predicted molar refractivity (Wildman–Crippen MR) is 77.5 cm³/mol. The van der Waals surface area contributed by atoms with Gasteiger partial charge in [0.25, 0.3) is 0 Å². The van der Waals surface area contributed by atoms with Gasteiger partial charge in [0.15, 0.2) is 0 Å². The lowest BCUT2D eigenvalue weighted by atomic mass is 10.0. The van der Waals surface area contributed by atoms with Gasteiger partial charge in [-0.25, -0.2) is 4.39 Å². The van der Waals surface area contributed by atoms with Gasteiger partial charge in [0.1, 0.15) is 5.82 Å². The molecule has 19 heavy (non-hydrogen) atoms. The Morgan fingerprint density at radius 1 is 0.842 bits per heavy atom. The van der Waals surface area contributed by atoms with Gasteiger partial charge in [0.2, 0.25) is 0 Å². The number of nitrogens with one attached hydrogen (secondary N) is 1. The smallest absolute Gasteiger partial charge is 0.123 e. The van der Waals surface area contributed by atoms with Crippen molar-refractivity contribution in [1.29, 1.82) is 0 Å². The summed E-state index contributed by atoms with van der Waals surface area (Å²) in [7, 11) is 0. The molecule has 0 amide bonds. The first-order chi connectivity index (χ1) is 9.15. The number of rotatable bonds is 5. The van der Waals surface area contributed by atoms with Crippen molar-refractivity contribution in [1.82, 2.24) is 5.32 Å². The Kier molecular flexibility index (Phi) is 4.69. The fourth-order valence-electron chi connectivity index (χ4n) is 1.97. The fraction of sp³-hybridized carbons (Fsp3) is 0.294. The monoisotopic (exact) mass is 257 g/mol. The number of hydrogen-bond acceptors (Lipinski definition) is 1. The lowest BCUT2D eigenvalue weighted by Gasteiger charge is -2.08. The molecule has 1 nitrogen and oxygen atoms in total. The summed E-state index contributed by atoms with van der Waals surface area (Å²) in [5, 5.41) is 3.36. The Hall–Kier alpha value is -1.67. The Balaban J connectivity index is 1.83. The van der Waals surface area contributed by atoms with E-state index in [0.29, 0.717) is 5.92 Å². The molecule has 0 aromatic heterocycles. The highest BCUT2D eigenvalue weighted by Crippen LogP contribution is 2.14. The zero-order chi connectivity index (χ0) is 13.7. The quantitative estimate of drug-likeness (QED) is 0.844. The molecule has 2 aromatic rings. The van der Waals surface area contributed by atoms with E-state index >= 15 is 0 Å². The summed E-state index contributed by atoms with van der Waals surface area (Å²) >= 11 is 0. The van der Waals surface area contributed by atoms with Gasteiger partial charge in [0, 0.05) is 13.1 Å². The SMILES string of the molecule is CC(C)c1ccc(CNCc2ccc(F)cc2)cc1. The molecule has 1 N–H and O–H groups in total. The van der Waals surface area contributed by atoms with Crippen molar-refractivity contribution in [2.24, 2.45) is 0 Å². The molecule has 0 bridgehead atoms. The van der Waals surface area contributed by atoms with Crippen LogP contribution in [0.3, 0.4) is 0 Å². The highest BCUT2D eigenvalue weighted by atomic mass is 19.1. The lowest BCUT2D eigenvalue weighted by Crippen LogP contribution is -2.12. The average molecular weight is 257 g/mol. The van der Waals surface area contributed by atoms with Crippen molar-refractivity contribution in [3.63, 3.8) is 0 Å². The molecule has 0 unspecified atom stereocenters. The van der Waals surface area contributed by atoms with Gasteiger partial charge in [0.05, 0.1) is 0 Å². The van der Waals surface area contributed by atoms with E-state index in [1.807, 2.05) is 12.1 Å². The zero-order valence-electron chi connectivity index (χ0n) is 11.5. The minimum absolute atomic E-state index is 0.187. The Morgan fingerprint density at radius 2 is 1.32 bits per heavy atom. The van der Waals surface area contributed by atoms with E-state index in [4.69, 9.17) is 0 Å². The third-order valence-electron chi connectivity index (χ3n) is 3.22. The van der Waals surface area contributed by atoms with Crippen LogP contribution in [-0.4, -0.2) is 0 Å². The van der Waals surface area contributed by atoms with Gasteiger partial charge < -0.3 is 5.32 Å². The van der Waals surface area contributed by atoms with E-state index < -0.39 is 0 Å². The zero-order valence-corrected chi connectivity index (χ0v) is 11.5. The summed E-state index contributed by atoms with van der Waals surface area (Å²) in [5.41, 5.74) is 3.73. The molecule has 0 atom stereocenters. The molecule has 0 heterocycles. The molecule has 0 aliphatic rings. The third kappa shape index (κ3) is 4.18. The standard InChI is InChI=1S/C17H20FN/c1-13(2)16-7-3-14(4-8-16)11-19-12-15-5-9-17(18)10-6-15/h3-10,13,19H,11-12H2,1-2H3. The third-order valence-corrected chi connectivity index (χ3v) is 3.22. The van der Waals surface area contributed by atoms with E-state index in [-0.39, 0.29) is 5.82 Å². The van der Waals surface area contributed by atoms with E-state index in [2.05, 4.69) is 43.4 Å². The molecule has 0 radical (unpaired) electrons. The maximum Gasteiger partial charge on any atom is 0.123 e. The normalized spacial score (nSPS) is 10.9. The molecule has 0 saturated heterocycles. The summed E-state index contributed by atoms with van der Waals surface area (Å²) in [6.45, 7) is 5.98. The van der Waals surface area contributed by atoms with Gasteiger partial charge >= 0.3 is 0 Å². The van der Waals surface area contributed by atoms with Crippen LogP contribution in [-0.2, 0) is 13.1 Å². The van der Waals surface area contributed by atoms with Gasteiger partial charge in [-0.2, -0.15) is 0 Å². The predicted octanol–water partition coefficient (Wildman–Crippen LogP) is 4.24. The first-order valence-corrected chi connectivity index (χ1v) is 6.69. The molecular weight excluding hydrogens is 237 g/mol. The molecule has 2 rings (SSSR count). The van der Waals surface area contributed by atoms with Crippen LogP contribution in [0.15, 0.2) is 48.5 Å². The Labute approximate surface area is 114 Å². The molecule has 2 aromatic carbocycles.